The molecule has 23 heavy (non-hydrogen) atoms. The van der Waals surface area contributed by atoms with Gasteiger partial charge in [0.05, 0.1) is 0 Å². The van der Waals surface area contributed by atoms with Crippen LogP contribution < -0.4 is 5.32 Å². The summed E-state index contributed by atoms with van der Waals surface area (Å²) in [4.78, 5) is 24.8. The number of hydrogen-bond acceptors (Lipinski definition) is 2. The van der Waals surface area contributed by atoms with Crippen molar-refractivity contribution in [2.45, 2.75) is 13.3 Å². The Morgan fingerprint density at radius 2 is 1.78 bits per heavy atom. The largest absolute Gasteiger partial charge is 0.349 e. The van der Waals surface area contributed by atoms with Gasteiger partial charge in [0.25, 0.3) is 11.7 Å². The first-order valence-electron chi connectivity index (χ1n) is 7.70. The Balaban J connectivity index is 2.14. The van der Waals surface area contributed by atoms with E-state index < -0.39 is 11.7 Å². The molecule has 0 spiro atoms. The summed E-state index contributed by atoms with van der Waals surface area (Å²) in [7, 11) is 0. The summed E-state index contributed by atoms with van der Waals surface area (Å²) in [6, 6.07) is 17.3. The average Bonchev–Trinajstić information content (AvgIpc) is 2.99. The van der Waals surface area contributed by atoms with Gasteiger partial charge in [0.1, 0.15) is 5.69 Å². The van der Waals surface area contributed by atoms with Gasteiger partial charge in [-0.3, -0.25) is 9.59 Å². The van der Waals surface area contributed by atoms with E-state index in [0.717, 1.165) is 23.1 Å². The van der Waals surface area contributed by atoms with Gasteiger partial charge < -0.3 is 9.72 Å². The lowest BCUT2D eigenvalue weighted by atomic mass is 10.0. The van der Waals surface area contributed by atoms with Crippen molar-refractivity contribution in [2.24, 2.45) is 0 Å². The molecule has 2 heterocycles. The highest BCUT2D eigenvalue weighted by atomic mass is 16.2. The van der Waals surface area contributed by atoms with Crippen LogP contribution in [-0.4, -0.2) is 22.6 Å². The van der Waals surface area contributed by atoms with Crippen LogP contribution in [0, 0.1) is 0 Å². The van der Waals surface area contributed by atoms with Crippen LogP contribution in [0.4, 0.5) is 0 Å². The van der Waals surface area contributed by atoms with Crippen LogP contribution in [-0.2, 0) is 4.79 Å². The van der Waals surface area contributed by atoms with Crippen LogP contribution in [0.5, 0.6) is 0 Å². The normalized spacial score (nSPS) is 10.7. The molecule has 3 rings (SSSR count). The standard InChI is InChI=1S/C19H18N2O2/c1-2-11-20-19(23)18(22)17-16(14-8-4-3-5-9-14)13-15-10-6-7-12-21(15)17/h3-10,12-13H,2,11H2,1H3,(H,20,23). The van der Waals surface area contributed by atoms with Crippen LogP contribution in [0.1, 0.15) is 23.8 Å². The number of nitrogens with one attached hydrogen (secondary N) is 1. The minimum Gasteiger partial charge on any atom is -0.349 e. The predicted molar refractivity (Wildman–Crippen MR) is 90.5 cm³/mol. The highest BCUT2D eigenvalue weighted by molar-refractivity contribution is 6.43. The summed E-state index contributed by atoms with van der Waals surface area (Å²) < 4.78 is 1.77. The lowest BCUT2D eigenvalue weighted by molar-refractivity contribution is -0.117. The first-order valence-corrected chi connectivity index (χ1v) is 7.70. The fourth-order valence-corrected chi connectivity index (χ4v) is 2.62. The van der Waals surface area contributed by atoms with Crippen LogP contribution in [0.15, 0.2) is 60.8 Å². The molecule has 1 aromatic carbocycles. The number of aromatic nitrogens is 1. The Morgan fingerprint density at radius 3 is 2.52 bits per heavy atom. The second-order valence-electron chi connectivity index (χ2n) is 5.35. The number of benzene rings is 1. The molecule has 0 bridgehead atoms. The van der Waals surface area contributed by atoms with Crippen molar-refractivity contribution in [1.29, 1.82) is 0 Å². The van der Waals surface area contributed by atoms with Gasteiger partial charge in [-0.25, -0.2) is 0 Å². The fourth-order valence-electron chi connectivity index (χ4n) is 2.62. The van der Waals surface area contributed by atoms with E-state index in [9.17, 15) is 9.59 Å². The molecule has 0 fully saturated rings. The smallest absolute Gasteiger partial charge is 0.294 e. The molecular formula is C19H18N2O2. The SMILES string of the molecule is CCCNC(=O)C(=O)c1c(-c2ccccc2)cc2ccccn12. The molecule has 0 radical (unpaired) electrons. The van der Waals surface area contributed by atoms with E-state index in [2.05, 4.69) is 5.32 Å². The van der Waals surface area contributed by atoms with Crippen molar-refractivity contribution in [2.75, 3.05) is 6.54 Å². The quantitative estimate of drug-likeness (QED) is 0.581. The third-order valence-electron chi connectivity index (χ3n) is 3.72. The Kier molecular flexibility index (Phi) is 4.24. The van der Waals surface area contributed by atoms with Gasteiger partial charge in [0.15, 0.2) is 0 Å². The summed E-state index contributed by atoms with van der Waals surface area (Å²) in [5.41, 5.74) is 2.98. The first kappa shape index (κ1) is 15.0. The highest BCUT2D eigenvalue weighted by Crippen LogP contribution is 2.28. The molecule has 1 amide bonds. The van der Waals surface area contributed by atoms with Crippen LogP contribution >= 0.6 is 0 Å². The summed E-state index contributed by atoms with van der Waals surface area (Å²) in [5, 5.41) is 2.66. The zero-order valence-corrected chi connectivity index (χ0v) is 13.0. The molecule has 4 nitrogen and oxygen atoms in total. The molecule has 4 heteroatoms. The fraction of sp³-hybridized carbons (Fsp3) is 0.158. The van der Waals surface area contributed by atoms with E-state index in [1.54, 1.807) is 4.40 Å². The van der Waals surface area contributed by atoms with Crippen LogP contribution in [0.3, 0.4) is 0 Å². The Morgan fingerprint density at radius 1 is 1.04 bits per heavy atom. The zero-order valence-electron chi connectivity index (χ0n) is 13.0. The topological polar surface area (TPSA) is 50.6 Å². The number of Topliss-reactive ketones (excluding diaryl/α,β-unsaturated/α-hetero) is 1. The number of fused-ring (bicyclic) bond motifs is 1. The minimum absolute atomic E-state index is 0.403. The molecule has 2 aromatic heterocycles. The highest BCUT2D eigenvalue weighted by Gasteiger charge is 2.24. The van der Waals surface area contributed by atoms with E-state index in [4.69, 9.17) is 0 Å². The van der Waals surface area contributed by atoms with Gasteiger partial charge in [-0.05, 0) is 30.2 Å². The van der Waals surface area contributed by atoms with Gasteiger partial charge >= 0.3 is 0 Å². The number of rotatable bonds is 5. The minimum atomic E-state index is -0.562. The Hall–Kier alpha value is -2.88. The van der Waals surface area contributed by atoms with Crippen molar-refractivity contribution >= 4 is 17.2 Å². The lowest BCUT2D eigenvalue weighted by Gasteiger charge is -2.07. The predicted octanol–water partition coefficient (Wildman–Crippen LogP) is 3.32. The number of nitrogens with zero attached hydrogens (tertiary/aromatic N) is 1. The third-order valence-corrected chi connectivity index (χ3v) is 3.72. The summed E-state index contributed by atoms with van der Waals surface area (Å²) in [5.74, 6) is -1.07. The molecule has 0 unspecified atom stereocenters. The lowest BCUT2D eigenvalue weighted by Crippen LogP contribution is -2.32. The Labute approximate surface area is 134 Å². The van der Waals surface area contributed by atoms with Gasteiger partial charge in [-0.15, -0.1) is 0 Å². The van der Waals surface area contributed by atoms with Gasteiger partial charge in [0.2, 0.25) is 0 Å². The summed E-state index contributed by atoms with van der Waals surface area (Å²) >= 11 is 0. The number of ketones is 1. The van der Waals surface area contributed by atoms with Gasteiger partial charge in [-0.2, -0.15) is 0 Å². The summed E-state index contributed by atoms with van der Waals surface area (Å²) in [6.07, 6.45) is 2.60. The maximum Gasteiger partial charge on any atom is 0.294 e. The first-order chi connectivity index (χ1) is 11.2. The molecule has 116 valence electrons. The van der Waals surface area contributed by atoms with Gasteiger partial charge in [0, 0.05) is 23.8 Å². The monoisotopic (exact) mass is 306 g/mol. The number of pyridine rings is 1. The van der Waals surface area contributed by atoms with Gasteiger partial charge in [-0.1, -0.05) is 43.3 Å². The number of hydrogen-bond donors (Lipinski definition) is 1. The van der Waals surface area contributed by atoms with E-state index in [-0.39, 0.29) is 0 Å². The Bertz CT molecular complexity index is 850. The molecule has 3 aromatic rings. The number of carbonyl (C=O) groups excluding carboxylic acids is 2. The van der Waals surface area contributed by atoms with E-state index in [0.29, 0.717) is 12.2 Å². The molecule has 0 aliphatic carbocycles. The number of amides is 1. The molecule has 0 aliphatic heterocycles. The number of carbonyl (C=O) groups is 2. The molecule has 0 aliphatic rings. The third kappa shape index (κ3) is 2.88. The molecule has 0 atom stereocenters. The van der Waals surface area contributed by atoms with Crippen molar-refractivity contribution in [3.63, 3.8) is 0 Å². The van der Waals surface area contributed by atoms with E-state index >= 15 is 0 Å². The van der Waals surface area contributed by atoms with Crippen molar-refractivity contribution < 1.29 is 9.59 Å². The zero-order chi connectivity index (χ0) is 16.2. The second kappa shape index (κ2) is 6.48. The molecule has 0 saturated carbocycles. The van der Waals surface area contributed by atoms with Crippen LogP contribution in [0.25, 0.3) is 16.6 Å². The summed E-state index contributed by atoms with van der Waals surface area (Å²) in [6.45, 7) is 2.45. The van der Waals surface area contributed by atoms with E-state index in [1.807, 2.05) is 67.7 Å². The molecule has 1 N–H and O–H groups in total. The van der Waals surface area contributed by atoms with Crippen molar-refractivity contribution in [3.8, 4) is 11.1 Å². The van der Waals surface area contributed by atoms with Crippen LogP contribution in [0.2, 0.25) is 0 Å². The molecule has 0 saturated heterocycles. The van der Waals surface area contributed by atoms with Crippen molar-refractivity contribution in [3.05, 3.63) is 66.5 Å². The maximum absolute atomic E-state index is 12.7. The van der Waals surface area contributed by atoms with E-state index in [1.165, 1.54) is 0 Å². The maximum atomic E-state index is 12.7. The average molecular weight is 306 g/mol. The van der Waals surface area contributed by atoms with Crippen molar-refractivity contribution in [1.82, 2.24) is 9.72 Å². The molecular weight excluding hydrogens is 288 g/mol. The second-order valence-corrected chi connectivity index (χ2v) is 5.35.